The van der Waals surface area contributed by atoms with E-state index in [-0.39, 0.29) is 5.92 Å². The number of thiophene rings is 1. The summed E-state index contributed by atoms with van der Waals surface area (Å²) >= 11 is 1.87. The van der Waals surface area contributed by atoms with E-state index < -0.39 is 0 Å². The smallest absolute Gasteiger partial charge is 0.136 e. The number of furan rings is 2. The number of hydrogen-bond donors (Lipinski definition) is 0. The molecule has 0 aliphatic heterocycles. The first-order chi connectivity index (χ1) is 25.2. The Morgan fingerprint density at radius 1 is 0.529 bits per heavy atom. The molecule has 1 atom stereocenters. The highest BCUT2D eigenvalue weighted by Gasteiger charge is 2.32. The largest absolute Gasteiger partial charge is 0.456 e. The summed E-state index contributed by atoms with van der Waals surface area (Å²) in [5.41, 5.74) is 13.3. The molecule has 1 aliphatic rings. The van der Waals surface area contributed by atoms with Crippen molar-refractivity contribution in [2.45, 2.75) is 12.3 Å². The fourth-order valence-electron chi connectivity index (χ4n) is 8.55. The van der Waals surface area contributed by atoms with Crippen molar-refractivity contribution in [2.24, 2.45) is 0 Å². The second-order valence-corrected chi connectivity index (χ2v) is 14.7. The van der Waals surface area contributed by atoms with E-state index in [9.17, 15) is 0 Å². The zero-order chi connectivity index (χ0) is 33.2. The van der Waals surface area contributed by atoms with Crippen LogP contribution in [0.15, 0.2) is 148 Å². The Bertz CT molecular complexity index is 3260. The van der Waals surface area contributed by atoms with Gasteiger partial charge in [-0.15, -0.1) is 11.3 Å². The van der Waals surface area contributed by atoms with Crippen molar-refractivity contribution in [3.63, 3.8) is 0 Å². The molecular weight excluding hydrogens is 645 g/mol. The quantitative estimate of drug-likeness (QED) is 0.184. The molecule has 1 aliphatic carbocycles. The van der Waals surface area contributed by atoms with Gasteiger partial charge in [0.2, 0.25) is 0 Å². The van der Waals surface area contributed by atoms with Gasteiger partial charge in [0.25, 0.3) is 0 Å². The van der Waals surface area contributed by atoms with Gasteiger partial charge in [-0.3, -0.25) is 0 Å². The summed E-state index contributed by atoms with van der Waals surface area (Å²) in [6, 6.07) is 49.4. The number of rotatable bonds is 2. The molecule has 0 saturated heterocycles. The van der Waals surface area contributed by atoms with Crippen molar-refractivity contribution < 1.29 is 8.83 Å². The zero-order valence-electron chi connectivity index (χ0n) is 27.2. The molecule has 4 nitrogen and oxygen atoms in total. The summed E-state index contributed by atoms with van der Waals surface area (Å²) in [4.78, 5) is 10.8. The lowest BCUT2D eigenvalue weighted by Crippen LogP contribution is -2.16. The second-order valence-electron chi connectivity index (χ2n) is 13.6. The van der Waals surface area contributed by atoms with Gasteiger partial charge in [-0.2, -0.15) is 0 Å². The number of aromatic nitrogens is 2. The van der Waals surface area contributed by atoms with Crippen LogP contribution in [-0.4, -0.2) is 9.97 Å². The Morgan fingerprint density at radius 2 is 1.22 bits per heavy atom. The van der Waals surface area contributed by atoms with Gasteiger partial charge in [0.1, 0.15) is 22.3 Å². The average molecular weight is 671 g/mol. The molecule has 238 valence electrons. The number of benzene rings is 7. The third-order valence-corrected chi connectivity index (χ3v) is 12.0. The molecule has 7 aromatic carbocycles. The first-order valence-electron chi connectivity index (χ1n) is 17.3. The van der Waals surface area contributed by atoms with Crippen LogP contribution in [0.5, 0.6) is 0 Å². The maximum absolute atomic E-state index is 6.60. The highest BCUT2D eigenvalue weighted by molar-refractivity contribution is 7.26. The van der Waals surface area contributed by atoms with E-state index in [1.807, 2.05) is 41.7 Å². The van der Waals surface area contributed by atoms with Crippen LogP contribution in [0.2, 0.25) is 0 Å². The molecule has 0 amide bonds. The van der Waals surface area contributed by atoms with Gasteiger partial charge in [0.05, 0.1) is 22.4 Å². The molecular formula is C46H26N2O2S. The van der Waals surface area contributed by atoms with Crippen molar-refractivity contribution >= 4 is 86.4 Å². The van der Waals surface area contributed by atoms with Crippen LogP contribution in [0, 0.1) is 0 Å². The van der Waals surface area contributed by atoms with Crippen molar-refractivity contribution in [3.8, 4) is 22.4 Å². The van der Waals surface area contributed by atoms with E-state index in [0.717, 1.165) is 78.3 Å². The lowest BCUT2D eigenvalue weighted by Gasteiger charge is -2.29. The molecule has 0 bridgehead atoms. The summed E-state index contributed by atoms with van der Waals surface area (Å²) in [5.74, 6) is 0.0229. The van der Waals surface area contributed by atoms with Crippen LogP contribution in [0.4, 0.5) is 0 Å². The van der Waals surface area contributed by atoms with Gasteiger partial charge >= 0.3 is 0 Å². The van der Waals surface area contributed by atoms with Crippen molar-refractivity contribution in [3.05, 3.63) is 156 Å². The molecule has 0 fully saturated rings. The van der Waals surface area contributed by atoms with Crippen LogP contribution < -0.4 is 0 Å². The van der Waals surface area contributed by atoms with E-state index >= 15 is 0 Å². The molecule has 5 heteroatoms. The molecule has 4 aromatic heterocycles. The number of hydrogen-bond acceptors (Lipinski definition) is 5. The Kier molecular flexibility index (Phi) is 5.46. The SMILES string of the molecule is c1ccc2c(c1)-c1c(ccc3sc4ccccc4c13)CC2c1nc2ccccc2nc1-c1ccc2c(c1)oc1cc3c(cc12)oc1ccccc13. The minimum atomic E-state index is 0.0229. The maximum Gasteiger partial charge on any atom is 0.136 e. The normalized spacial score (nSPS) is 14.4. The number of fused-ring (bicyclic) bond motifs is 14. The first-order valence-corrected chi connectivity index (χ1v) is 18.1. The van der Waals surface area contributed by atoms with E-state index in [1.54, 1.807) is 0 Å². The van der Waals surface area contributed by atoms with Crippen LogP contribution in [0.1, 0.15) is 22.7 Å². The molecule has 0 radical (unpaired) electrons. The lowest BCUT2D eigenvalue weighted by atomic mass is 9.75. The number of nitrogens with zero attached hydrogens (tertiary/aromatic N) is 2. The number of para-hydroxylation sites is 3. The van der Waals surface area contributed by atoms with E-state index in [4.69, 9.17) is 18.8 Å². The Balaban J connectivity index is 1.07. The molecule has 0 spiro atoms. The third kappa shape index (κ3) is 3.89. The first kappa shape index (κ1) is 27.5. The van der Waals surface area contributed by atoms with Crippen LogP contribution in [0.25, 0.3) is 97.5 Å². The van der Waals surface area contributed by atoms with Crippen molar-refractivity contribution in [2.75, 3.05) is 0 Å². The highest BCUT2D eigenvalue weighted by Crippen LogP contribution is 2.50. The Hall–Kier alpha value is -6.30. The summed E-state index contributed by atoms with van der Waals surface area (Å²) in [6.07, 6.45) is 0.840. The van der Waals surface area contributed by atoms with Crippen LogP contribution in [-0.2, 0) is 6.42 Å². The second kappa shape index (κ2) is 10.1. The molecule has 12 rings (SSSR count). The fourth-order valence-corrected chi connectivity index (χ4v) is 9.66. The molecule has 11 aromatic rings. The van der Waals surface area contributed by atoms with Gasteiger partial charge in [0.15, 0.2) is 0 Å². The van der Waals surface area contributed by atoms with E-state index in [2.05, 4.69) is 109 Å². The third-order valence-electron chi connectivity index (χ3n) is 10.8. The summed E-state index contributed by atoms with van der Waals surface area (Å²) in [7, 11) is 0. The molecule has 0 saturated carbocycles. The van der Waals surface area contributed by atoms with Crippen molar-refractivity contribution in [1.29, 1.82) is 0 Å². The minimum Gasteiger partial charge on any atom is -0.456 e. The maximum atomic E-state index is 6.60. The molecule has 51 heavy (non-hydrogen) atoms. The average Bonchev–Trinajstić information content (AvgIpc) is 3.86. The van der Waals surface area contributed by atoms with Crippen molar-refractivity contribution in [1.82, 2.24) is 9.97 Å². The van der Waals surface area contributed by atoms with Gasteiger partial charge in [-0.05, 0) is 83.3 Å². The summed E-state index contributed by atoms with van der Waals surface area (Å²) < 4.78 is 15.5. The molecule has 1 unspecified atom stereocenters. The molecule has 0 N–H and O–H groups in total. The Morgan fingerprint density at radius 3 is 2.10 bits per heavy atom. The van der Waals surface area contributed by atoms with E-state index in [1.165, 1.54) is 42.4 Å². The standard InChI is InChI=1S/C46H26N2O2S/c1-2-11-30-27(9-1)34(21-25-18-20-42-44(43(25)30)31-12-4-8-16-41(31)51-42)46-45(47-35-13-5-6-14-36(35)48-46)26-17-19-29-33-24-39-32(23-40(33)50-38(29)22-26)28-10-3-7-15-37(28)49-39/h1-20,22-24,34H,21H2. The summed E-state index contributed by atoms with van der Waals surface area (Å²) in [6.45, 7) is 0. The summed E-state index contributed by atoms with van der Waals surface area (Å²) in [5, 5.41) is 6.93. The van der Waals surface area contributed by atoms with Crippen LogP contribution in [0.3, 0.4) is 0 Å². The van der Waals surface area contributed by atoms with Gasteiger partial charge < -0.3 is 8.83 Å². The Labute approximate surface area is 295 Å². The predicted octanol–water partition coefficient (Wildman–Crippen LogP) is 12.8. The zero-order valence-corrected chi connectivity index (χ0v) is 28.0. The lowest BCUT2D eigenvalue weighted by molar-refractivity contribution is 0.664. The van der Waals surface area contributed by atoms with Gasteiger partial charge in [-0.25, -0.2) is 9.97 Å². The monoisotopic (exact) mass is 670 g/mol. The minimum absolute atomic E-state index is 0.0229. The fraction of sp³-hybridized carbons (Fsp3) is 0.0435. The molecule has 4 heterocycles. The van der Waals surface area contributed by atoms with Gasteiger partial charge in [-0.1, -0.05) is 84.9 Å². The van der Waals surface area contributed by atoms with Gasteiger partial charge in [0, 0.05) is 53.2 Å². The topological polar surface area (TPSA) is 52.1 Å². The predicted molar refractivity (Wildman–Crippen MR) is 210 cm³/mol. The van der Waals surface area contributed by atoms with E-state index in [0.29, 0.717) is 0 Å². The van der Waals surface area contributed by atoms with Crippen LogP contribution >= 0.6 is 11.3 Å². The highest BCUT2D eigenvalue weighted by atomic mass is 32.1.